The van der Waals surface area contributed by atoms with Gasteiger partial charge in [-0.1, -0.05) is 6.07 Å². The van der Waals surface area contributed by atoms with Crippen molar-refractivity contribution < 1.29 is 5.11 Å². The summed E-state index contributed by atoms with van der Waals surface area (Å²) < 4.78 is 0. The third kappa shape index (κ3) is 2.75. The second kappa shape index (κ2) is 4.64. The highest BCUT2D eigenvalue weighted by Crippen LogP contribution is 2.14. The fraction of sp³-hybridized carbons (Fsp3) is 0.364. The van der Waals surface area contributed by atoms with E-state index >= 15 is 0 Å². The van der Waals surface area contributed by atoms with Gasteiger partial charge in [0, 0.05) is 19.3 Å². The molecule has 0 radical (unpaired) electrons. The van der Waals surface area contributed by atoms with Gasteiger partial charge in [-0.25, -0.2) is 0 Å². The lowest BCUT2D eigenvalue weighted by Crippen LogP contribution is -2.26. The molecule has 74 valence electrons. The van der Waals surface area contributed by atoms with Crippen LogP contribution in [0.1, 0.15) is 12.5 Å². The Balaban J connectivity index is 2.80. The smallest absolute Gasteiger partial charge is 0.0992 e. The van der Waals surface area contributed by atoms with E-state index in [1.54, 1.807) is 13.0 Å². The number of anilines is 1. The van der Waals surface area contributed by atoms with Crippen LogP contribution in [-0.4, -0.2) is 24.8 Å². The molecule has 0 saturated heterocycles. The number of aliphatic hydroxyl groups is 1. The van der Waals surface area contributed by atoms with Gasteiger partial charge < -0.3 is 10.0 Å². The average Bonchev–Trinajstić information content (AvgIpc) is 2.17. The van der Waals surface area contributed by atoms with E-state index in [0.717, 1.165) is 5.69 Å². The second-order valence-corrected chi connectivity index (χ2v) is 3.39. The number of aliphatic hydroxyl groups excluding tert-OH is 1. The van der Waals surface area contributed by atoms with Crippen LogP contribution in [-0.2, 0) is 0 Å². The molecule has 0 aliphatic heterocycles. The summed E-state index contributed by atoms with van der Waals surface area (Å²) in [6.45, 7) is 2.31. The topological polar surface area (TPSA) is 47.3 Å². The van der Waals surface area contributed by atoms with Crippen LogP contribution in [0.25, 0.3) is 0 Å². The van der Waals surface area contributed by atoms with Gasteiger partial charge in [0.1, 0.15) is 0 Å². The van der Waals surface area contributed by atoms with Crippen LogP contribution in [0.4, 0.5) is 5.69 Å². The maximum Gasteiger partial charge on any atom is 0.0992 e. The van der Waals surface area contributed by atoms with Gasteiger partial charge in [0.25, 0.3) is 0 Å². The molecule has 1 unspecified atom stereocenters. The van der Waals surface area contributed by atoms with Gasteiger partial charge in [-0.05, 0) is 25.1 Å². The standard InChI is InChI=1S/C11H14N2O/c1-9(14)8-13(2)11-5-3-4-10(6-11)7-12/h3-6,9,14H,8H2,1-2H3. The molecule has 1 aromatic rings. The van der Waals surface area contributed by atoms with E-state index < -0.39 is 0 Å². The van der Waals surface area contributed by atoms with Crippen molar-refractivity contribution in [3.63, 3.8) is 0 Å². The summed E-state index contributed by atoms with van der Waals surface area (Å²) in [5.74, 6) is 0. The largest absolute Gasteiger partial charge is 0.392 e. The fourth-order valence-corrected chi connectivity index (χ4v) is 1.31. The highest BCUT2D eigenvalue weighted by molar-refractivity contribution is 5.50. The summed E-state index contributed by atoms with van der Waals surface area (Å²) in [7, 11) is 1.89. The van der Waals surface area contributed by atoms with Gasteiger partial charge in [0.05, 0.1) is 17.7 Å². The van der Waals surface area contributed by atoms with Crippen LogP contribution in [0.15, 0.2) is 24.3 Å². The summed E-state index contributed by atoms with van der Waals surface area (Å²) in [5, 5.41) is 17.9. The van der Waals surface area contributed by atoms with Gasteiger partial charge in [-0.2, -0.15) is 5.26 Å². The molecule has 1 atom stereocenters. The average molecular weight is 190 g/mol. The Kier molecular flexibility index (Phi) is 3.49. The molecule has 14 heavy (non-hydrogen) atoms. The zero-order valence-corrected chi connectivity index (χ0v) is 8.44. The van der Waals surface area contributed by atoms with Crippen molar-refractivity contribution >= 4 is 5.69 Å². The highest BCUT2D eigenvalue weighted by Gasteiger charge is 2.04. The molecule has 0 saturated carbocycles. The first-order chi connectivity index (χ1) is 6.63. The van der Waals surface area contributed by atoms with Gasteiger partial charge in [0.2, 0.25) is 0 Å². The van der Waals surface area contributed by atoms with E-state index in [-0.39, 0.29) is 6.10 Å². The Morgan fingerprint density at radius 2 is 2.29 bits per heavy atom. The first-order valence-corrected chi connectivity index (χ1v) is 4.53. The third-order valence-electron chi connectivity index (χ3n) is 1.95. The Morgan fingerprint density at radius 1 is 1.57 bits per heavy atom. The van der Waals surface area contributed by atoms with Gasteiger partial charge in [-0.3, -0.25) is 0 Å². The van der Waals surface area contributed by atoms with Crippen molar-refractivity contribution in [2.24, 2.45) is 0 Å². The van der Waals surface area contributed by atoms with Crippen LogP contribution < -0.4 is 4.90 Å². The van der Waals surface area contributed by atoms with Crippen molar-refractivity contribution in [1.82, 2.24) is 0 Å². The molecule has 0 aromatic heterocycles. The van der Waals surface area contributed by atoms with Gasteiger partial charge >= 0.3 is 0 Å². The molecule has 0 aliphatic rings. The maximum atomic E-state index is 9.20. The van der Waals surface area contributed by atoms with Crippen molar-refractivity contribution in [1.29, 1.82) is 5.26 Å². The maximum absolute atomic E-state index is 9.20. The molecule has 0 bridgehead atoms. The molecule has 1 N–H and O–H groups in total. The van der Waals surface area contributed by atoms with E-state index in [1.807, 2.05) is 30.1 Å². The van der Waals surface area contributed by atoms with Crippen LogP contribution in [0.2, 0.25) is 0 Å². The van der Waals surface area contributed by atoms with Crippen molar-refractivity contribution in [2.45, 2.75) is 13.0 Å². The van der Waals surface area contributed by atoms with E-state index in [2.05, 4.69) is 6.07 Å². The molecule has 3 nitrogen and oxygen atoms in total. The van der Waals surface area contributed by atoms with Crippen molar-refractivity contribution in [3.05, 3.63) is 29.8 Å². The summed E-state index contributed by atoms with van der Waals surface area (Å²) in [6.07, 6.45) is -0.370. The van der Waals surface area contributed by atoms with Crippen molar-refractivity contribution in [2.75, 3.05) is 18.5 Å². The number of benzene rings is 1. The lowest BCUT2D eigenvalue weighted by Gasteiger charge is -2.20. The first-order valence-electron chi connectivity index (χ1n) is 4.53. The number of hydrogen-bond acceptors (Lipinski definition) is 3. The van der Waals surface area contributed by atoms with Crippen LogP contribution in [0.5, 0.6) is 0 Å². The van der Waals surface area contributed by atoms with Crippen LogP contribution >= 0.6 is 0 Å². The monoisotopic (exact) mass is 190 g/mol. The number of nitriles is 1. The Morgan fingerprint density at radius 3 is 2.86 bits per heavy atom. The minimum Gasteiger partial charge on any atom is -0.392 e. The minimum atomic E-state index is -0.370. The molecule has 1 rings (SSSR count). The van der Waals surface area contributed by atoms with E-state index in [4.69, 9.17) is 5.26 Å². The third-order valence-corrected chi connectivity index (χ3v) is 1.95. The lowest BCUT2D eigenvalue weighted by molar-refractivity contribution is 0.201. The van der Waals surface area contributed by atoms with Crippen LogP contribution in [0.3, 0.4) is 0 Å². The Labute approximate surface area is 84.2 Å². The van der Waals surface area contributed by atoms with Gasteiger partial charge in [0.15, 0.2) is 0 Å². The fourth-order valence-electron chi connectivity index (χ4n) is 1.31. The van der Waals surface area contributed by atoms with Gasteiger partial charge in [-0.15, -0.1) is 0 Å². The molecule has 0 fully saturated rings. The predicted octanol–water partition coefficient (Wildman–Crippen LogP) is 1.38. The second-order valence-electron chi connectivity index (χ2n) is 3.39. The number of likely N-dealkylation sites (N-methyl/N-ethyl adjacent to an activating group) is 1. The zero-order chi connectivity index (χ0) is 10.6. The summed E-state index contributed by atoms with van der Waals surface area (Å²) in [6, 6.07) is 9.42. The van der Waals surface area contributed by atoms with Crippen LogP contribution in [0, 0.1) is 11.3 Å². The zero-order valence-electron chi connectivity index (χ0n) is 8.44. The Bertz CT molecular complexity index is 341. The molecule has 3 heteroatoms. The molecule has 0 aliphatic carbocycles. The molecular weight excluding hydrogens is 176 g/mol. The SMILES string of the molecule is CC(O)CN(C)c1cccc(C#N)c1. The van der Waals surface area contributed by atoms with E-state index in [9.17, 15) is 5.11 Å². The van der Waals surface area contributed by atoms with E-state index in [0.29, 0.717) is 12.1 Å². The molecule has 0 spiro atoms. The van der Waals surface area contributed by atoms with E-state index in [1.165, 1.54) is 0 Å². The summed E-state index contributed by atoms with van der Waals surface area (Å²) in [4.78, 5) is 1.92. The number of hydrogen-bond donors (Lipinski definition) is 1. The number of nitrogens with zero attached hydrogens (tertiary/aromatic N) is 2. The quantitative estimate of drug-likeness (QED) is 0.783. The van der Waals surface area contributed by atoms with Crippen molar-refractivity contribution in [3.8, 4) is 6.07 Å². The summed E-state index contributed by atoms with van der Waals surface area (Å²) in [5.41, 5.74) is 1.59. The Hall–Kier alpha value is -1.53. The lowest BCUT2D eigenvalue weighted by atomic mass is 10.2. The molecule has 0 amide bonds. The molecule has 0 heterocycles. The molecule has 1 aromatic carbocycles. The predicted molar refractivity (Wildman–Crippen MR) is 56.1 cm³/mol. The number of rotatable bonds is 3. The summed E-state index contributed by atoms with van der Waals surface area (Å²) >= 11 is 0. The minimum absolute atomic E-state index is 0.370. The normalized spacial score (nSPS) is 11.9. The first kappa shape index (κ1) is 10.6. The highest BCUT2D eigenvalue weighted by atomic mass is 16.3. The molecular formula is C11H14N2O.